The lowest BCUT2D eigenvalue weighted by Gasteiger charge is -2.41. The average Bonchev–Trinajstić information content (AvgIpc) is 2.31. The summed E-state index contributed by atoms with van der Waals surface area (Å²) in [6.45, 7) is 15.1. The van der Waals surface area contributed by atoms with Crippen molar-refractivity contribution in [2.24, 2.45) is 16.6 Å². The maximum Gasteiger partial charge on any atom is 0.0180 e. The normalized spacial score (nSPS) is 25.7. The van der Waals surface area contributed by atoms with E-state index in [0.717, 1.165) is 6.54 Å². The molecule has 2 N–H and O–H groups in total. The van der Waals surface area contributed by atoms with Gasteiger partial charge in [0.2, 0.25) is 0 Å². The Balaban J connectivity index is 2.51. The molecule has 1 fully saturated rings. The molecule has 1 aliphatic heterocycles. The minimum absolute atomic E-state index is 0.358. The second kappa shape index (κ2) is 3.82. The summed E-state index contributed by atoms with van der Waals surface area (Å²) >= 11 is 0. The van der Waals surface area contributed by atoms with Crippen LogP contribution in [-0.2, 0) is 0 Å². The van der Waals surface area contributed by atoms with Crippen molar-refractivity contribution in [3.05, 3.63) is 0 Å². The minimum Gasteiger partial charge on any atom is -0.326 e. The lowest BCUT2D eigenvalue weighted by Crippen LogP contribution is -2.41. The van der Waals surface area contributed by atoms with Gasteiger partial charge in [-0.3, -0.25) is 0 Å². The SMILES string of the molecule is CC(C)(C)C(C)(C)CN1CCC(N)C1. The van der Waals surface area contributed by atoms with Gasteiger partial charge in [0.1, 0.15) is 0 Å². The number of hydrogen-bond donors (Lipinski definition) is 1. The quantitative estimate of drug-likeness (QED) is 0.736. The molecule has 1 rings (SSSR count). The van der Waals surface area contributed by atoms with Gasteiger partial charge in [0, 0.05) is 19.1 Å². The van der Waals surface area contributed by atoms with Crippen LogP contribution in [0.5, 0.6) is 0 Å². The van der Waals surface area contributed by atoms with Crippen molar-refractivity contribution in [3.8, 4) is 0 Å². The van der Waals surface area contributed by atoms with E-state index >= 15 is 0 Å². The monoisotopic (exact) mass is 198 g/mol. The lowest BCUT2D eigenvalue weighted by atomic mass is 9.69. The molecule has 84 valence electrons. The van der Waals surface area contributed by atoms with Gasteiger partial charge in [0.25, 0.3) is 0 Å². The standard InChI is InChI=1S/C12H26N2/c1-11(2,3)12(4,5)9-14-7-6-10(13)8-14/h10H,6-9,13H2,1-5H3. The molecule has 1 atom stereocenters. The first kappa shape index (κ1) is 12.0. The maximum atomic E-state index is 5.91. The number of likely N-dealkylation sites (tertiary alicyclic amines) is 1. The number of hydrogen-bond acceptors (Lipinski definition) is 2. The third kappa shape index (κ3) is 2.71. The van der Waals surface area contributed by atoms with Crippen LogP contribution in [0.2, 0.25) is 0 Å². The van der Waals surface area contributed by atoms with Gasteiger partial charge in [0.15, 0.2) is 0 Å². The van der Waals surface area contributed by atoms with Crippen LogP contribution in [0, 0.1) is 10.8 Å². The Labute approximate surface area is 88.8 Å². The highest BCUT2D eigenvalue weighted by atomic mass is 15.2. The van der Waals surface area contributed by atoms with Gasteiger partial charge in [-0.15, -0.1) is 0 Å². The Morgan fingerprint density at radius 3 is 2.14 bits per heavy atom. The van der Waals surface area contributed by atoms with Crippen molar-refractivity contribution in [3.63, 3.8) is 0 Å². The molecule has 0 saturated carbocycles. The van der Waals surface area contributed by atoms with Crippen molar-refractivity contribution in [2.45, 2.75) is 47.1 Å². The first-order valence-corrected chi connectivity index (χ1v) is 5.70. The van der Waals surface area contributed by atoms with E-state index in [1.54, 1.807) is 0 Å². The van der Waals surface area contributed by atoms with Crippen molar-refractivity contribution in [1.82, 2.24) is 4.90 Å². The van der Waals surface area contributed by atoms with Gasteiger partial charge in [-0.05, 0) is 23.8 Å². The third-order valence-corrected chi connectivity index (χ3v) is 3.96. The summed E-state index contributed by atoms with van der Waals surface area (Å²) in [6, 6.07) is 0.408. The average molecular weight is 198 g/mol. The van der Waals surface area contributed by atoms with Gasteiger partial charge < -0.3 is 10.6 Å². The molecule has 1 aliphatic rings. The zero-order valence-corrected chi connectivity index (χ0v) is 10.4. The molecular formula is C12H26N2. The van der Waals surface area contributed by atoms with E-state index in [4.69, 9.17) is 5.73 Å². The van der Waals surface area contributed by atoms with E-state index in [0.29, 0.717) is 16.9 Å². The van der Waals surface area contributed by atoms with E-state index < -0.39 is 0 Å². The first-order chi connectivity index (χ1) is 6.22. The highest BCUT2D eigenvalue weighted by molar-refractivity contribution is 4.88. The molecule has 0 aromatic rings. The van der Waals surface area contributed by atoms with Gasteiger partial charge in [-0.1, -0.05) is 34.6 Å². The molecule has 0 bridgehead atoms. The van der Waals surface area contributed by atoms with E-state index in [2.05, 4.69) is 39.5 Å². The minimum atomic E-state index is 0.358. The summed E-state index contributed by atoms with van der Waals surface area (Å²) in [7, 11) is 0. The predicted octanol–water partition coefficient (Wildman–Crippen LogP) is 2.09. The number of nitrogens with zero attached hydrogens (tertiary/aromatic N) is 1. The topological polar surface area (TPSA) is 29.3 Å². The Morgan fingerprint density at radius 2 is 1.79 bits per heavy atom. The van der Waals surface area contributed by atoms with E-state index in [1.165, 1.54) is 19.5 Å². The molecule has 1 saturated heterocycles. The number of rotatable bonds is 2. The fraction of sp³-hybridized carbons (Fsp3) is 1.00. The highest BCUT2D eigenvalue weighted by Gasteiger charge is 2.35. The summed E-state index contributed by atoms with van der Waals surface area (Å²) in [5.74, 6) is 0. The van der Waals surface area contributed by atoms with Crippen LogP contribution in [0.25, 0.3) is 0 Å². The Hall–Kier alpha value is -0.0800. The summed E-state index contributed by atoms with van der Waals surface area (Å²) in [6.07, 6.45) is 1.17. The zero-order chi connectivity index (χ0) is 11.0. The fourth-order valence-corrected chi connectivity index (χ4v) is 1.80. The Morgan fingerprint density at radius 1 is 1.21 bits per heavy atom. The van der Waals surface area contributed by atoms with Crippen LogP contribution in [0.1, 0.15) is 41.0 Å². The van der Waals surface area contributed by atoms with Crippen molar-refractivity contribution in [2.75, 3.05) is 19.6 Å². The van der Waals surface area contributed by atoms with Crippen LogP contribution < -0.4 is 5.73 Å². The first-order valence-electron chi connectivity index (χ1n) is 5.70. The highest BCUT2D eigenvalue weighted by Crippen LogP contribution is 2.38. The van der Waals surface area contributed by atoms with E-state index in [9.17, 15) is 0 Å². The molecule has 0 aromatic heterocycles. The van der Waals surface area contributed by atoms with Crippen molar-refractivity contribution >= 4 is 0 Å². The molecule has 1 unspecified atom stereocenters. The van der Waals surface area contributed by atoms with Crippen molar-refractivity contribution < 1.29 is 0 Å². The van der Waals surface area contributed by atoms with E-state index in [-0.39, 0.29) is 0 Å². The maximum absolute atomic E-state index is 5.91. The second-order valence-electron chi connectivity index (χ2n) is 6.42. The van der Waals surface area contributed by atoms with Crippen LogP contribution in [0.15, 0.2) is 0 Å². The Kier molecular flexibility index (Phi) is 3.27. The van der Waals surface area contributed by atoms with Gasteiger partial charge >= 0.3 is 0 Å². The fourth-order valence-electron chi connectivity index (χ4n) is 1.80. The smallest absolute Gasteiger partial charge is 0.0180 e. The van der Waals surface area contributed by atoms with Crippen LogP contribution in [0.4, 0.5) is 0 Å². The lowest BCUT2D eigenvalue weighted by molar-refractivity contribution is 0.0807. The molecule has 0 amide bonds. The van der Waals surface area contributed by atoms with Crippen LogP contribution >= 0.6 is 0 Å². The predicted molar refractivity (Wildman–Crippen MR) is 62.3 cm³/mol. The van der Waals surface area contributed by atoms with Gasteiger partial charge in [0.05, 0.1) is 0 Å². The second-order valence-corrected chi connectivity index (χ2v) is 6.42. The molecule has 2 heteroatoms. The van der Waals surface area contributed by atoms with Crippen LogP contribution in [-0.4, -0.2) is 30.6 Å². The molecular weight excluding hydrogens is 172 g/mol. The zero-order valence-electron chi connectivity index (χ0n) is 10.4. The summed E-state index contributed by atoms with van der Waals surface area (Å²) < 4.78 is 0. The number of nitrogens with two attached hydrogens (primary N) is 1. The van der Waals surface area contributed by atoms with Crippen molar-refractivity contribution in [1.29, 1.82) is 0 Å². The molecule has 0 aliphatic carbocycles. The molecule has 14 heavy (non-hydrogen) atoms. The van der Waals surface area contributed by atoms with Gasteiger partial charge in [-0.25, -0.2) is 0 Å². The molecule has 2 nitrogen and oxygen atoms in total. The van der Waals surface area contributed by atoms with Crippen LogP contribution in [0.3, 0.4) is 0 Å². The molecule has 0 spiro atoms. The summed E-state index contributed by atoms with van der Waals surface area (Å²) in [5, 5.41) is 0. The van der Waals surface area contributed by atoms with E-state index in [1.807, 2.05) is 0 Å². The molecule has 1 heterocycles. The third-order valence-electron chi connectivity index (χ3n) is 3.96. The summed E-state index contributed by atoms with van der Waals surface area (Å²) in [5.41, 5.74) is 6.63. The Bertz CT molecular complexity index is 191. The largest absolute Gasteiger partial charge is 0.326 e. The molecule has 0 aromatic carbocycles. The van der Waals surface area contributed by atoms with Gasteiger partial charge in [-0.2, -0.15) is 0 Å². The summed E-state index contributed by atoms with van der Waals surface area (Å²) in [4.78, 5) is 2.51. The molecule has 0 radical (unpaired) electrons.